The first-order valence-electron chi connectivity index (χ1n) is 35.1. The zero-order chi connectivity index (χ0) is 76.8. The molecule has 0 radical (unpaired) electrons. The molecule has 0 saturated carbocycles. The van der Waals surface area contributed by atoms with Gasteiger partial charge in [0.1, 0.15) is 60.4 Å². The number of amides is 10. The van der Waals surface area contributed by atoms with Crippen molar-refractivity contribution in [3.05, 3.63) is 191 Å². The van der Waals surface area contributed by atoms with Crippen molar-refractivity contribution in [3.8, 4) is 0 Å². The molecule has 0 aliphatic carbocycles. The lowest BCUT2D eigenvalue weighted by molar-refractivity contribution is -0.142. The quantitative estimate of drug-likeness (QED) is 0.0342. The van der Waals surface area contributed by atoms with Gasteiger partial charge in [-0.2, -0.15) is 0 Å². The topological polar surface area (TPSA) is 453 Å². The van der Waals surface area contributed by atoms with E-state index in [1.165, 1.54) is 6.92 Å². The van der Waals surface area contributed by atoms with Crippen LogP contribution < -0.4 is 70.0 Å². The van der Waals surface area contributed by atoms with Gasteiger partial charge in [0.05, 0.1) is 24.9 Å². The van der Waals surface area contributed by atoms with Gasteiger partial charge in [-0.1, -0.05) is 193 Å². The summed E-state index contributed by atoms with van der Waals surface area (Å²) in [5, 5.41) is 74.1. The van der Waals surface area contributed by atoms with Crippen LogP contribution in [0.3, 0.4) is 0 Å². The van der Waals surface area contributed by atoms with E-state index in [2.05, 4.69) is 58.5 Å². The minimum Gasteiger partial charge on any atom is -0.480 e. The number of carboxylic acids is 1. The fourth-order valence-electron chi connectivity index (χ4n) is 11.5. The van der Waals surface area contributed by atoms with E-state index in [0.29, 0.717) is 47.2 Å². The summed E-state index contributed by atoms with van der Waals surface area (Å²) in [5.41, 5.74) is 15.9. The van der Waals surface area contributed by atoms with Crippen LogP contribution in [0.1, 0.15) is 80.3 Å². The molecule has 30 heteroatoms. The van der Waals surface area contributed by atoms with Crippen LogP contribution >= 0.6 is 21.6 Å². The predicted octanol–water partition coefficient (Wildman–Crippen LogP) is 0.389. The lowest BCUT2D eigenvalue weighted by Gasteiger charge is -2.29. The van der Waals surface area contributed by atoms with E-state index in [9.17, 15) is 54.0 Å². The Hall–Kier alpha value is -9.79. The van der Waals surface area contributed by atoms with Crippen LogP contribution in [0.25, 0.3) is 10.8 Å². The molecule has 0 spiro atoms. The van der Waals surface area contributed by atoms with Crippen LogP contribution in [0, 0.1) is 0 Å². The van der Waals surface area contributed by atoms with Crippen LogP contribution in [0.5, 0.6) is 0 Å². The van der Waals surface area contributed by atoms with Gasteiger partial charge in [0, 0.05) is 56.2 Å². The Bertz CT molecular complexity index is 3920. The fraction of sp³-hybridized carbons (Fsp3) is 0.408. The fourth-order valence-corrected chi connectivity index (χ4v) is 13.8. The normalized spacial score (nSPS) is 23.6. The highest BCUT2D eigenvalue weighted by Crippen LogP contribution is 2.24. The van der Waals surface area contributed by atoms with Crippen LogP contribution in [-0.2, 0) is 91.4 Å². The van der Waals surface area contributed by atoms with Gasteiger partial charge in [0.2, 0.25) is 59.1 Å². The van der Waals surface area contributed by atoms with Gasteiger partial charge in [0.25, 0.3) is 0 Å². The number of carbonyl (C=O) groups is 11. The highest BCUT2D eigenvalue weighted by atomic mass is 33.1. The molecule has 1 aliphatic heterocycles. The van der Waals surface area contributed by atoms with E-state index in [0.717, 1.165) is 44.8 Å². The van der Waals surface area contributed by atoms with E-state index >= 15 is 19.2 Å². The molecule has 6 aromatic carbocycles. The molecule has 6 aromatic rings. The molecular formula is C76H97N13O15S2. The summed E-state index contributed by atoms with van der Waals surface area (Å²) in [5.74, 6) is -11.9. The molecule has 1 aliphatic rings. The first-order chi connectivity index (χ1) is 50.8. The Morgan fingerprint density at radius 3 is 1.22 bits per heavy atom. The second kappa shape index (κ2) is 42.4. The van der Waals surface area contributed by atoms with Crippen molar-refractivity contribution >= 4 is 97.4 Å². The molecular weight excluding hydrogens is 1400 g/mol. The maximum atomic E-state index is 15.5. The maximum Gasteiger partial charge on any atom is 0.327 e. The summed E-state index contributed by atoms with van der Waals surface area (Å²) in [6, 6.07) is 28.2. The number of nitrogens with one attached hydrogen (secondary N) is 11. The van der Waals surface area contributed by atoms with Gasteiger partial charge in [-0.15, -0.1) is 0 Å². The highest BCUT2D eigenvalue weighted by molar-refractivity contribution is 8.76. The number of aliphatic carboxylic acids is 1. The summed E-state index contributed by atoms with van der Waals surface area (Å²) in [6.07, 6.45) is -3.66. The molecule has 13 atom stereocenters. The van der Waals surface area contributed by atoms with E-state index in [4.69, 9.17) is 11.5 Å². The Morgan fingerprint density at radius 2 is 0.783 bits per heavy atom. The molecule has 28 nitrogen and oxygen atoms in total. The number of hydrogen-bond acceptors (Lipinski definition) is 19. The van der Waals surface area contributed by atoms with Crippen LogP contribution in [0.2, 0.25) is 0 Å². The molecule has 5 unspecified atom stereocenters. The monoisotopic (exact) mass is 1500 g/mol. The van der Waals surface area contributed by atoms with Crippen molar-refractivity contribution in [3.63, 3.8) is 0 Å². The molecule has 0 bridgehead atoms. The molecule has 106 heavy (non-hydrogen) atoms. The number of rotatable bonds is 21. The summed E-state index contributed by atoms with van der Waals surface area (Å²) >= 11 is 0. The van der Waals surface area contributed by atoms with Crippen LogP contribution in [0.4, 0.5) is 0 Å². The Morgan fingerprint density at radius 1 is 0.425 bits per heavy atom. The number of carbonyl (C=O) groups excluding carboxylic acids is 10. The second-order valence-electron chi connectivity index (χ2n) is 26.4. The number of aliphatic hydroxyl groups is 3. The van der Waals surface area contributed by atoms with Crippen molar-refractivity contribution < 1.29 is 73.2 Å². The van der Waals surface area contributed by atoms with Crippen molar-refractivity contribution in [2.75, 3.05) is 24.7 Å². The Kier molecular flexibility index (Phi) is 33.4. The molecule has 1 heterocycles. The minimum atomic E-state index is -1.91. The minimum absolute atomic E-state index is 0.0308. The largest absolute Gasteiger partial charge is 0.480 e. The van der Waals surface area contributed by atoms with Crippen LogP contribution in [-0.4, -0.2) is 195 Å². The number of unbranched alkanes of at least 4 members (excludes halogenated alkanes) is 1. The molecule has 7 rings (SSSR count). The van der Waals surface area contributed by atoms with E-state index in [1.807, 2.05) is 62.4 Å². The highest BCUT2D eigenvalue weighted by Gasteiger charge is 2.39. The first-order valence-corrected chi connectivity index (χ1v) is 37.6. The van der Waals surface area contributed by atoms with Gasteiger partial charge < -0.3 is 90.4 Å². The van der Waals surface area contributed by atoms with Gasteiger partial charge >= 0.3 is 5.97 Å². The van der Waals surface area contributed by atoms with Gasteiger partial charge in [-0.25, -0.2) is 4.79 Å². The molecule has 1 saturated heterocycles. The molecule has 10 amide bonds. The summed E-state index contributed by atoms with van der Waals surface area (Å²) in [4.78, 5) is 160. The van der Waals surface area contributed by atoms with E-state index < -0.39 is 150 Å². The Balaban J connectivity index is 1.32. The van der Waals surface area contributed by atoms with Gasteiger partial charge in [-0.3, -0.25) is 47.9 Å². The zero-order valence-corrected chi connectivity index (χ0v) is 61.2. The van der Waals surface area contributed by atoms with E-state index in [-0.39, 0.29) is 62.6 Å². The first kappa shape index (κ1) is 83.5. The smallest absolute Gasteiger partial charge is 0.327 e. The molecule has 568 valence electrons. The number of fused-ring (bicyclic) bond motifs is 1. The third kappa shape index (κ3) is 26.7. The predicted molar refractivity (Wildman–Crippen MR) is 403 cm³/mol. The third-order valence-electron chi connectivity index (χ3n) is 17.5. The molecule has 1 fully saturated rings. The average Bonchev–Trinajstić information content (AvgIpc) is 0.831. The summed E-state index contributed by atoms with van der Waals surface area (Å²) in [6.45, 7) is 5.93. The lowest BCUT2D eigenvalue weighted by Crippen LogP contribution is -2.63. The molecule has 19 N–H and O–H groups in total. The van der Waals surface area contributed by atoms with Crippen molar-refractivity contribution in [1.29, 1.82) is 0 Å². The van der Waals surface area contributed by atoms with Crippen molar-refractivity contribution in [1.82, 2.24) is 58.5 Å². The average molecular weight is 1500 g/mol. The number of carboxylic acid groups (broad SMARTS) is 1. The summed E-state index contributed by atoms with van der Waals surface area (Å²) in [7, 11) is 1.84. The number of aliphatic hydroxyl groups excluding tert-OH is 3. The van der Waals surface area contributed by atoms with Gasteiger partial charge in [-0.05, 0) is 83.8 Å². The summed E-state index contributed by atoms with van der Waals surface area (Å²) < 4.78 is 0. The van der Waals surface area contributed by atoms with E-state index in [1.54, 1.807) is 109 Å². The van der Waals surface area contributed by atoms with Crippen LogP contribution in [0.15, 0.2) is 158 Å². The zero-order valence-electron chi connectivity index (χ0n) is 59.5. The van der Waals surface area contributed by atoms with Gasteiger partial charge in [0.15, 0.2) is 0 Å². The SMILES string of the molecule is CC(C)NCc1ccc(CC2NC(=O)C(Cc3ccc4ccccc4c3)NC(=O)[C@H](Cc3ccccc3)NC(=O)C(Cc3ccccc3)NC(=O)[C@H](CCCCN)NC(=O)[C@@H](N)CSSC[C@@H](C(=O)O)NC(=O)[C@H](CO)NC(=O)C([C@@H](C)O)NC(=O)[C@H](Cc3ccccc3)NC(=O)C([C@@H](C)O)NC2=O)cc1. The van der Waals surface area contributed by atoms with Crippen molar-refractivity contribution in [2.24, 2.45) is 11.5 Å². The standard InChI is InChI=1S/C76H97N13O15S2/c1-44(2)79-40-51-29-27-50(28-30-51)38-59-71(98)88-64(45(3)91)74(101)85-60(37-49-22-12-7-13-23-49)72(99)89-65(46(4)92)75(102)86-62(41-90)73(100)87-63(76(103)104)43-106-105-42-55(78)66(93)80-56(26-16-17-33-77)67(94)81-57(35-47-18-8-5-9-19-47)68(95)82-58(36-48-20-10-6-11-21-48)69(96)84-61(70(97)83-59)39-52-31-32-53-24-14-15-25-54(53)34-52/h5-15,18-25,27-32,34,44-46,55-65,79,90-92H,16-17,26,33,35-43,77-78H2,1-4H3,(H,80,93)(H,81,94)(H,82,95)(H,83,97)(H,84,96)(H,85,101)(H,86,102)(H,87,100)(H,88,98)(H,89,99)(H,103,104)/t45-,46-,55+,56+,57?,58+,59?,60+,61?,62+,63+,64?,65?/m1/s1. The lowest BCUT2D eigenvalue weighted by atomic mass is 9.98. The van der Waals surface area contributed by atoms with Crippen molar-refractivity contribution in [2.45, 2.75) is 170 Å². The molecule has 0 aromatic heterocycles. The second-order valence-corrected chi connectivity index (χ2v) is 29.0. The maximum absolute atomic E-state index is 15.5. The number of benzene rings is 6. The number of nitrogens with two attached hydrogens (primary N) is 2. The number of hydrogen-bond donors (Lipinski definition) is 17. The third-order valence-corrected chi connectivity index (χ3v) is 19.9. The Labute approximate surface area is 623 Å².